The molecule has 1 aromatic rings. The zero-order chi connectivity index (χ0) is 22.3. The molecule has 1 aromatic heterocycles. The van der Waals surface area contributed by atoms with Gasteiger partial charge in [-0.15, -0.1) is 0 Å². The van der Waals surface area contributed by atoms with E-state index in [4.69, 9.17) is 9.15 Å². The maximum absolute atomic E-state index is 13.2. The van der Waals surface area contributed by atoms with Gasteiger partial charge in [0.15, 0.2) is 0 Å². The van der Waals surface area contributed by atoms with Crippen molar-refractivity contribution in [1.82, 2.24) is 9.80 Å². The second kappa shape index (κ2) is 11.0. The number of ether oxygens (including phenoxy) is 1. The molecule has 0 saturated carbocycles. The normalized spacial score (nSPS) is 17.9. The fourth-order valence-corrected chi connectivity index (χ4v) is 4.22. The van der Waals surface area contributed by atoms with Gasteiger partial charge in [-0.25, -0.2) is 0 Å². The van der Waals surface area contributed by atoms with Crippen molar-refractivity contribution in [3.05, 3.63) is 24.2 Å². The van der Waals surface area contributed by atoms with Gasteiger partial charge >= 0.3 is 0 Å². The van der Waals surface area contributed by atoms with Crippen LogP contribution in [0.5, 0.6) is 0 Å². The Kier molecular flexibility index (Phi) is 8.95. The van der Waals surface area contributed by atoms with Crippen LogP contribution in [0.25, 0.3) is 0 Å². The number of furan rings is 1. The van der Waals surface area contributed by atoms with Crippen LogP contribution in [-0.2, 0) is 20.9 Å². The smallest absolute Gasteiger partial charge is 0.242 e. The molecule has 6 nitrogen and oxygen atoms in total. The summed E-state index contributed by atoms with van der Waals surface area (Å²) in [6.45, 7) is 14.4. The van der Waals surface area contributed by atoms with Crippen LogP contribution in [0.1, 0.15) is 73.0 Å². The fourth-order valence-electron chi connectivity index (χ4n) is 4.22. The minimum absolute atomic E-state index is 0.0310. The Morgan fingerprint density at radius 1 is 1.20 bits per heavy atom. The summed E-state index contributed by atoms with van der Waals surface area (Å²) in [5.74, 6) is 1.00. The molecule has 2 atom stereocenters. The first-order chi connectivity index (χ1) is 14.0. The highest BCUT2D eigenvalue weighted by atomic mass is 16.5. The van der Waals surface area contributed by atoms with Crippen molar-refractivity contribution in [2.45, 2.75) is 85.9 Å². The number of hydrogen-bond acceptors (Lipinski definition) is 4. The second-order valence-corrected chi connectivity index (χ2v) is 10.2. The maximum Gasteiger partial charge on any atom is 0.242 e. The van der Waals surface area contributed by atoms with Gasteiger partial charge in [0.25, 0.3) is 0 Å². The third kappa shape index (κ3) is 8.13. The third-order valence-corrected chi connectivity index (χ3v) is 5.46. The van der Waals surface area contributed by atoms with E-state index in [0.29, 0.717) is 19.5 Å². The van der Waals surface area contributed by atoms with Crippen molar-refractivity contribution in [2.75, 3.05) is 19.7 Å². The topological polar surface area (TPSA) is 63.0 Å². The Morgan fingerprint density at radius 2 is 1.93 bits per heavy atom. The van der Waals surface area contributed by atoms with E-state index in [9.17, 15) is 9.59 Å². The second-order valence-electron chi connectivity index (χ2n) is 10.2. The molecular weight excluding hydrogens is 380 g/mol. The highest BCUT2D eigenvalue weighted by Crippen LogP contribution is 2.26. The molecule has 0 bridgehead atoms. The monoisotopic (exact) mass is 420 g/mol. The minimum Gasteiger partial charge on any atom is -0.467 e. The van der Waals surface area contributed by atoms with Crippen LogP contribution in [0, 0.1) is 11.3 Å². The molecule has 30 heavy (non-hydrogen) atoms. The van der Waals surface area contributed by atoms with Crippen molar-refractivity contribution < 1.29 is 18.7 Å². The first-order valence-corrected chi connectivity index (χ1v) is 11.3. The van der Waals surface area contributed by atoms with E-state index in [1.807, 2.05) is 26.0 Å². The lowest BCUT2D eigenvalue weighted by Crippen LogP contribution is -2.47. The zero-order valence-corrected chi connectivity index (χ0v) is 19.6. The lowest BCUT2D eigenvalue weighted by atomic mass is 9.84. The number of rotatable bonds is 10. The van der Waals surface area contributed by atoms with Crippen molar-refractivity contribution in [3.8, 4) is 0 Å². The standard InChI is InChI=1S/C24H40N2O4/c1-18(2)26(22(27)13-19(3)14-24(4,5)6)17-23(28)25(15-20-9-7-11-29-20)16-21-10-8-12-30-21/h7,9,11,18-19,21H,8,10,12-17H2,1-6H3/t19-,21-/m0/s1. The first kappa shape index (κ1) is 24.4. The van der Waals surface area contributed by atoms with Gasteiger partial charge in [-0.05, 0) is 56.6 Å². The van der Waals surface area contributed by atoms with Crippen molar-refractivity contribution >= 4 is 11.8 Å². The summed E-state index contributed by atoms with van der Waals surface area (Å²) in [4.78, 5) is 29.7. The van der Waals surface area contributed by atoms with Crippen LogP contribution in [0.3, 0.4) is 0 Å². The van der Waals surface area contributed by atoms with Gasteiger partial charge in [0.2, 0.25) is 11.8 Å². The molecule has 0 radical (unpaired) electrons. The summed E-state index contributed by atoms with van der Waals surface area (Å²) >= 11 is 0. The molecule has 1 aliphatic heterocycles. The predicted octanol–water partition coefficient (Wildman–Crippen LogP) is 4.49. The SMILES string of the molecule is CC(C)N(CC(=O)N(Cc1ccco1)C[C@@H]1CCCO1)C(=O)C[C@H](C)CC(C)(C)C. The lowest BCUT2D eigenvalue weighted by molar-refractivity contribution is -0.144. The van der Waals surface area contributed by atoms with E-state index in [0.717, 1.165) is 31.6 Å². The minimum atomic E-state index is -0.0626. The van der Waals surface area contributed by atoms with Crippen molar-refractivity contribution in [3.63, 3.8) is 0 Å². The number of amides is 2. The highest BCUT2D eigenvalue weighted by Gasteiger charge is 2.28. The molecule has 1 fully saturated rings. The zero-order valence-electron chi connectivity index (χ0n) is 19.6. The van der Waals surface area contributed by atoms with E-state index < -0.39 is 0 Å². The molecule has 0 N–H and O–H groups in total. The fraction of sp³-hybridized carbons (Fsp3) is 0.750. The van der Waals surface area contributed by atoms with E-state index in [1.165, 1.54) is 0 Å². The summed E-state index contributed by atoms with van der Waals surface area (Å²) < 4.78 is 11.2. The maximum atomic E-state index is 13.2. The molecule has 2 rings (SSSR count). The third-order valence-electron chi connectivity index (χ3n) is 5.46. The number of carbonyl (C=O) groups is 2. The molecule has 0 aromatic carbocycles. The molecule has 2 heterocycles. The molecule has 1 aliphatic rings. The molecule has 6 heteroatoms. The van der Waals surface area contributed by atoms with Gasteiger partial charge < -0.3 is 19.0 Å². The lowest BCUT2D eigenvalue weighted by Gasteiger charge is -2.32. The van der Waals surface area contributed by atoms with Crippen LogP contribution in [0.4, 0.5) is 0 Å². The number of carbonyl (C=O) groups excluding carboxylic acids is 2. The van der Waals surface area contributed by atoms with Crippen LogP contribution in [0.2, 0.25) is 0 Å². The molecule has 0 aliphatic carbocycles. The van der Waals surface area contributed by atoms with Gasteiger partial charge in [-0.1, -0.05) is 27.7 Å². The van der Waals surface area contributed by atoms with Gasteiger partial charge in [0, 0.05) is 25.6 Å². The molecule has 0 unspecified atom stereocenters. The van der Waals surface area contributed by atoms with Crippen molar-refractivity contribution in [1.29, 1.82) is 0 Å². The Balaban J connectivity index is 2.03. The summed E-state index contributed by atoms with van der Waals surface area (Å²) in [6, 6.07) is 3.66. The van der Waals surface area contributed by atoms with Gasteiger partial charge in [-0.3, -0.25) is 9.59 Å². The van der Waals surface area contributed by atoms with Crippen LogP contribution < -0.4 is 0 Å². The number of nitrogens with zero attached hydrogens (tertiary/aromatic N) is 2. The van der Waals surface area contributed by atoms with Crippen molar-refractivity contribution in [2.24, 2.45) is 11.3 Å². The van der Waals surface area contributed by atoms with E-state index in [1.54, 1.807) is 16.1 Å². The largest absolute Gasteiger partial charge is 0.467 e. The average molecular weight is 421 g/mol. The quantitative estimate of drug-likeness (QED) is 0.560. The molecule has 2 amide bonds. The van der Waals surface area contributed by atoms with Crippen LogP contribution in [0.15, 0.2) is 22.8 Å². The predicted molar refractivity (Wildman–Crippen MR) is 118 cm³/mol. The summed E-state index contributed by atoms with van der Waals surface area (Å²) in [7, 11) is 0. The average Bonchev–Trinajstić information content (AvgIpc) is 3.30. The van der Waals surface area contributed by atoms with Gasteiger partial charge in [-0.2, -0.15) is 0 Å². The number of hydrogen-bond donors (Lipinski definition) is 0. The van der Waals surface area contributed by atoms with Crippen LogP contribution in [-0.4, -0.2) is 53.5 Å². The van der Waals surface area contributed by atoms with E-state index in [-0.39, 0.29) is 41.8 Å². The Bertz CT molecular complexity index is 657. The summed E-state index contributed by atoms with van der Waals surface area (Å²) in [5.41, 5.74) is 0.180. The van der Waals surface area contributed by atoms with E-state index in [2.05, 4.69) is 27.7 Å². The Hall–Kier alpha value is -1.82. The first-order valence-electron chi connectivity index (χ1n) is 11.3. The summed E-state index contributed by atoms with van der Waals surface area (Å²) in [5, 5.41) is 0. The summed E-state index contributed by atoms with van der Waals surface area (Å²) in [6.07, 6.45) is 5.09. The van der Waals surface area contributed by atoms with E-state index >= 15 is 0 Å². The Morgan fingerprint density at radius 3 is 2.47 bits per heavy atom. The molecule has 1 saturated heterocycles. The van der Waals surface area contributed by atoms with Crippen LogP contribution >= 0.6 is 0 Å². The molecule has 0 spiro atoms. The van der Waals surface area contributed by atoms with Gasteiger partial charge in [0.1, 0.15) is 5.76 Å². The van der Waals surface area contributed by atoms with Gasteiger partial charge in [0.05, 0.1) is 25.5 Å². The highest BCUT2D eigenvalue weighted by molar-refractivity contribution is 5.85. The molecular formula is C24H40N2O4. The Labute approximate surface area is 181 Å². The molecule has 170 valence electrons.